The summed E-state index contributed by atoms with van der Waals surface area (Å²) in [6.07, 6.45) is -9.38. The van der Waals surface area contributed by atoms with Crippen molar-refractivity contribution in [2.75, 3.05) is 6.26 Å². The molecule has 2 aromatic carbocycles. The van der Waals surface area contributed by atoms with E-state index in [1.54, 1.807) is 0 Å². The SMILES string of the molecule is CS(=O)(=O)c1cc(C(=O)NC(=N)N)ccc1Oc1ccc(-c2cc(C(F)(F)F)nc(C(F)(F)F)c2)cc1. The van der Waals surface area contributed by atoms with Gasteiger partial charge in [-0.2, -0.15) is 26.3 Å². The fourth-order valence-electron chi connectivity index (χ4n) is 3.05. The number of rotatable bonds is 5. The Kier molecular flexibility index (Phi) is 7.21. The fourth-order valence-corrected chi connectivity index (χ4v) is 3.86. The van der Waals surface area contributed by atoms with E-state index in [9.17, 15) is 39.6 Å². The number of alkyl halides is 6. The number of nitrogens with two attached hydrogens (primary N) is 1. The predicted octanol–water partition coefficient (Wildman–Crippen LogP) is 4.61. The third-order valence-electron chi connectivity index (χ3n) is 4.68. The first kappa shape index (κ1) is 27.4. The van der Waals surface area contributed by atoms with E-state index in [2.05, 4.69) is 4.98 Å². The normalized spacial score (nSPS) is 12.2. The van der Waals surface area contributed by atoms with Crippen molar-refractivity contribution in [1.29, 1.82) is 5.41 Å². The van der Waals surface area contributed by atoms with E-state index in [0.717, 1.165) is 18.4 Å². The number of pyridine rings is 1. The van der Waals surface area contributed by atoms with Crippen LogP contribution in [0.1, 0.15) is 21.7 Å². The first-order valence-corrected chi connectivity index (χ1v) is 11.8. The molecule has 3 rings (SSSR count). The Balaban J connectivity index is 1.97. The maximum atomic E-state index is 13.1. The topological polar surface area (TPSA) is 135 Å². The third-order valence-corrected chi connectivity index (χ3v) is 5.79. The molecule has 0 radical (unpaired) electrons. The number of carbonyl (C=O) groups is 1. The largest absolute Gasteiger partial charge is 0.456 e. The number of hydrogen-bond donors (Lipinski definition) is 3. The second-order valence-electron chi connectivity index (χ2n) is 7.55. The lowest BCUT2D eigenvalue weighted by Gasteiger charge is -2.14. The van der Waals surface area contributed by atoms with E-state index in [4.69, 9.17) is 15.9 Å². The quantitative estimate of drug-likeness (QED) is 0.243. The molecule has 196 valence electrons. The van der Waals surface area contributed by atoms with Crippen LogP contribution in [-0.4, -0.2) is 31.5 Å². The van der Waals surface area contributed by atoms with Crippen molar-refractivity contribution in [2.45, 2.75) is 17.2 Å². The minimum absolute atomic E-state index is 0.00395. The number of ether oxygens (including phenoxy) is 1. The van der Waals surface area contributed by atoms with Crippen LogP contribution in [0.3, 0.4) is 0 Å². The Morgan fingerprint density at radius 1 is 0.919 bits per heavy atom. The summed E-state index contributed by atoms with van der Waals surface area (Å²) in [5.41, 5.74) is 1.09. The van der Waals surface area contributed by atoms with E-state index < -0.39 is 55.9 Å². The Hall–Kier alpha value is -4.14. The molecule has 4 N–H and O–H groups in total. The molecule has 0 aliphatic rings. The van der Waals surface area contributed by atoms with Gasteiger partial charge >= 0.3 is 12.4 Å². The van der Waals surface area contributed by atoms with Crippen LogP contribution in [0, 0.1) is 5.41 Å². The zero-order valence-electron chi connectivity index (χ0n) is 18.5. The van der Waals surface area contributed by atoms with Gasteiger partial charge in [0.25, 0.3) is 5.91 Å². The highest BCUT2D eigenvalue weighted by atomic mass is 32.2. The average molecular weight is 546 g/mol. The summed E-state index contributed by atoms with van der Waals surface area (Å²) in [5, 5.41) is 9.09. The van der Waals surface area contributed by atoms with Gasteiger partial charge in [-0.1, -0.05) is 12.1 Å². The monoisotopic (exact) mass is 546 g/mol. The molecule has 15 heteroatoms. The highest BCUT2D eigenvalue weighted by molar-refractivity contribution is 7.90. The highest BCUT2D eigenvalue weighted by Gasteiger charge is 2.39. The number of nitrogens with zero attached hydrogens (tertiary/aromatic N) is 1. The zero-order chi connectivity index (χ0) is 27.8. The molecule has 1 amide bonds. The number of hydrogen-bond acceptors (Lipinski definition) is 6. The minimum atomic E-state index is -5.12. The number of guanidine groups is 1. The second-order valence-corrected chi connectivity index (χ2v) is 9.53. The van der Waals surface area contributed by atoms with Crippen LogP contribution in [0.4, 0.5) is 26.3 Å². The van der Waals surface area contributed by atoms with Crippen molar-refractivity contribution in [3.8, 4) is 22.6 Å². The lowest BCUT2D eigenvalue weighted by Crippen LogP contribution is -2.35. The fraction of sp³-hybridized carbons (Fsp3) is 0.136. The maximum Gasteiger partial charge on any atom is 0.433 e. The van der Waals surface area contributed by atoms with Crippen LogP contribution >= 0.6 is 0 Å². The minimum Gasteiger partial charge on any atom is -0.456 e. The maximum absolute atomic E-state index is 13.1. The van der Waals surface area contributed by atoms with Gasteiger partial charge in [-0.15, -0.1) is 0 Å². The van der Waals surface area contributed by atoms with E-state index in [1.165, 1.54) is 30.3 Å². The van der Waals surface area contributed by atoms with Gasteiger partial charge in [-0.25, -0.2) is 13.4 Å². The van der Waals surface area contributed by atoms with Crippen molar-refractivity contribution in [3.63, 3.8) is 0 Å². The number of sulfone groups is 1. The number of amides is 1. The summed E-state index contributed by atoms with van der Waals surface area (Å²) in [5.74, 6) is -1.72. The summed E-state index contributed by atoms with van der Waals surface area (Å²) in [7, 11) is -3.94. The standard InChI is InChI=1S/C22H16F6N4O4S/c1-37(34,35)16-8-12(19(33)32-20(29)30)4-7-15(16)36-14-5-2-11(3-6-14)13-9-17(21(23,24)25)31-18(10-13)22(26,27)28/h2-10H,1H3,(H4,29,30,32,33). The van der Waals surface area contributed by atoms with Crippen molar-refractivity contribution in [1.82, 2.24) is 10.3 Å². The number of benzene rings is 2. The molecule has 37 heavy (non-hydrogen) atoms. The molecule has 0 aliphatic heterocycles. The van der Waals surface area contributed by atoms with Gasteiger partial charge in [-0.3, -0.25) is 15.5 Å². The van der Waals surface area contributed by atoms with Gasteiger partial charge in [-0.05, 0) is 53.6 Å². The van der Waals surface area contributed by atoms with E-state index in [1.807, 2.05) is 5.32 Å². The molecular formula is C22H16F6N4O4S. The van der Waals surface area contributed by atoms with Crippen LogP contribution in [0.25, 0.3) is 11.1 Å². The van der Waals surface area contributed by atoms with Gasteiger partial charge in [0.05, 0.1) is 0 Å². The third kappa shape index (κ3) is 6.75. The Morgan fingerprint density at radius 3 is 1.92 bits per heavy atom. The summed E-state index contributed by atoms with van der Waals surface area (Å²) in [4.78, 5) is 14.3. The zero-order valence-corrected chi connectivity index (χ0v) is 19.3. The molecule has 0 saturated carbocycles. The second kappa shape index (κ2) is 9.72. The molecule has 1 aromatic heterocycles. The van der Waals surface area contributed by atoms with Crippen LogP contribution in [0.5, 0.6) is 11.5 Å². The van der Waals surface area contributed by atoms with Crippen LogP contribution < -0.4 is 15.8 Å². The Morgan fingerprint density at radius 2 is 1.46 bits per heavy atom. The first-order chi connectivity index (χ1) is 16.9. The van der Waals surface area contributed by atoms with Crippen molar-refractivity contribution in [3.05, 3.63) is 71.5 Å². The number of nitrogens with one attached hydrogen (secondary N) is 2. The van der Waals surface area contributed by atoms with Crippen LogP contribution in [-0.2, 0) is 22.2 Å². The summed E-state index contributed by atoms with van der Waals surface area (Å²) in [6.45, 7) is 0. The van der Waals surface area contributed by atoms with E-state index in [0.29, 0.717) is 12.1 Å². The van der Waals surface area contributed by atoms with Crippen molar-refractivity contribution >= 4 is 21.7 Å². The number of aromatic nitrogens is 1. The van der Waals surface area contributed by atoms with Crippen molar-refractivity contribution < 1.29 is 44.3 Å². The van der Waals surface area contributed by atoms with Gasteiger partial charge in [0.1, 0.15) is 27.8 Å². The molecule has 0 atom stereocenters. The van der Waals surface area contributed by atoms with Crippen molar-refractivity contribution in [2.24, 2.45) is 5.73 Å². The van der Waals surface area contributed by atoms with E-state index >= 15 is 0 Å². The highest BCUT2D eigenvalue weighted by Crippen LogP contribution is 2.37. The lowest BCUT2D eigenvalue weighted by molar-refractivity contribution is -0.150. The molecule has 0 bridgehead atoms. The average Bonchev–Trinajstić information content (AvgIpc) is 2.77. The van der Waals surface area contributed by atoms with Crippen LogP contribution in [0.15, 0.2) is 59.5 Å². The molecule has 0 spiro atoms. The lowest BCUT2D eigenvalue weighted by atomic mass is 10.0. The molecule has 0 aliphatic carbocycles. The molecule has 8 nitrogen and oxygen atoms in total. The van der Waals surface area contributed by atoms with Gasteiger partial charge in [0.15, 0.2) is 15.8 Å². The predicted molar refractivity (Wildman–Crippen MR) is 119 cm³/mol. The molecule has 0 unspecified atom stereocenters. The van der Waals surface area contributed by atoms with Gasteiger partial charge in [0.2, 0.25) is 0 Å². The van der Waals surface area contributed by atoms with Gasteiger partial charge in [0, 0.05) is 11.8 Å². The molecule has 0 saturated heterocycles. The van der Waals surface area contributed by atoms with Crippen LogP contribution in [0.2, 0.25) is 0 Å². The molecule has 1 heterocycles. The molecule has 0 fully saturated rings. The smallest absolute Gasteiger partial charge is 0.433 e. The molecular weight excluding hydrogens is 530 g/mol. The first-order valence-electron chi connectivity index (χ1n) is 9.89. The Labute approximate surface area is 205 Å². The number of carbonyl (C=O) groups excluding carboxylic acids is 1. The summed E-state index contributed by atoms with van der Waals surface area (Å²) >= 11 is 0. The Bertz CT molecular complexity index is 1440. The van der Waals surface area contributed by atoms with Gasteiger partial charge < -0.3 is 10.5 Å². The van der Waals surface area contributed by atoms with E-state index in [-0.39, 0.29) is 22.6 Å². The summed E-state index contributed by atoms with van der Waals surface area (Å²) < 4.78 is 109. The summed E-state index contributed by atoms with van der Waals surface area (Å²) in [6, 6.07) is 9.07. The number of halogens is 6. The molecule has 3 aromatic rings.